The minimum atomic E-state index is -4.72. The molecule has 0 bridgehead atoms. The van der Waals surface area contributed by atoms with E-state index in [9.17, 15) is 27.5 Å². The van der Waals surface area contributed by atoms with Crippen LogP contribution in [0.1, 0.15) is 16.8 Å². The monoisotopic (exact) mass is 972 g/mol. The lowest BCUT2D eigenvalue weighted by atomic mass is 9.95. The molecule has 19 heteroatoms. The molecule has 1 saturated heterocycles. The summed E-state index contributed by atoms with van der Waals surface area (Å²) < 4.78 is 83.8. The van der Waals surface area contributed by atoms with Gasteiger partial charge in [0.1, 0.15) is 41.6 Å². The number of nitrogens with zero attached hydrogens (tertiary/aromatic N) is 6. The van der Waals surface area contributed by atoms with Crippen molar-refractivity contribution in [3.05, 3.63) is 125 Å². The standard InChI is InChI=1S/C49H45ClF4N6O7S/c1-29-33(13-15-38(43(29)50)64-23-22-60-20-18-59(2)19-21-60)41-42-46(56-28-57-47(42)68-44(41)31-12-14-35(51)39(25-31)66-27-49(52,53)54)67-40(48(61)62)24-30-8-4-6-10-36(30)65-26-32-16-17-55-45(58-32)34-9-5-7-11-37(34)63-3/h4-17,25,28,40H,18-24,26-27H2,1-3H3,(H,61,62). The van der Waals surface area contributed by atoms with Crippen molar-refractivity contribution in [1.29, 1.82) is 0 Å². The molecule has 0 amide bonds. The predicted molar refractivity (Wildman–Crippen MR) is 250 cm³/mol. The summed E-state index contributed by atoms with van der Waals surface area (Å²) in [6, 6.07) is 23.1. The first-order valence-electron chi connectivity index (χ1n) is 21.4. The highest BCUT2D eigenvalue weighted by atomic mass is 35.5. The van der Waals surface area contributed by atoms with Crippen LogP contribution in [-0.2, 0) is 17.8 Å². The van der Waals surface area contributed by atoms with Crippen LogP contribution in [0.2, 0.25) is 5.02 Å². The Hall–Kier alpha value is -6.60. The van der Waals surface area contributed by atoms with Crippen molar-refractivity contribution in [2.24, 2.45) is 0 Å². The van der Waals surface area contributed by atoms with Crippen molar-refractivity contribution in [1.82, 2.24) is 29.7 Å². The van der Waals surface area contributed by atoms with E-state index in [1.165, 1.54) is 18.5 Å². The lowest BCUT2D eigenvalue weighted by molar-refractivity contribution is -0.153. The van der Waals surface area contributed by atoms with Gasteiger partial charge in [-0.3, -0.25) is 4.90 Å². The van der Waals surface area contributed by atoms with E-state index in [0.29, 0.717) is 89.9 Å². The number of alkyl halides is 3. The van der Waals surface area contributed by atoms with Crippen molar-refractivity contribution in [3.8, 4) is 61.8 Å². The summed E-state index contributed by atoms with van der Waals surface area (Å²) in [7, 11) is 3.65. The molecule has 1 atom stereocenters. The number of fused-ring (bicyclic) bond motifs is 1. The maximum Gasteiger partial charge on any atom is 0.422 e. The van der Waals surface area contributed by atoms with Gasteiger partial charge < -0.3 is 33.7 Å². The largest absolute Gasteiger partial charge is 0.496 e. The first-order chi connectivity index (χ1) is 32.8. The molecule has 13 nitrogen and oxygen atoms in total. The van der Waals surface area contributed by atoms with Gasteiger partial charge in [-0.05, 0) is 78.7 Å². The predicted octanol–water partition coefficient (Wildman–Crippen LogP) is 9.81. The fraction of sp³-hybridized carbons (Fsp3) is 0.286. The quantitative estimate of drug-likeness (QED) is 0.0817. The molecule has 0 radical (unpaired) electrons. The molecule has 3 aromatic heterocycles. The zero-order chi connectivity index (χ0) is 48.0. The lowest BCUT2D eigenvalue weighted by Crippen LogP contribution is -2.45. The third-order valence-electron chi connectivity index (χ3n) is 11.3. The minimum Gasteiger partial charge on any atom is -0.496 e. The van der Waals surface area contributed by atoms with Gasteiger partial charge in [-0.2, -0.15) is 13.2 Å². The maximum atomic E-state index is 15.0. The number of likely N-dealkylation sites (N-methyl/N-ethyl adjacent to an activating group) is 1. The Kier molecular flexibility index (Phi) is 14.9. The van der Waals surface area contributed by atoms with Crippen molar-refractivity contribution < 1.29 is 51.1 Å². The van der Waals surface area contributed by atoms with E-state index in [1.807, 2.05) is 24.3 Å². The number of halogens is 5. The molecule has 1 aliphatic rings. The molecular weight excluding hydrogens is 928 g/mol. The number of aliphatic carboxylic acids is 1. The van der Waals surface area contributed by atoms with E-state index in [4.69, 9.17) is 35.3 Å². The average molecular weight is 973 g/mol. The number of carbonyl (C=O) groups is 1. The molecule has 354 valence electrons. The molecule has 1 N–H and O–H groups in total. The summed E-state index contributed by atoms with van der Waals surface area (Å²) in [5, 5.41) is 11.3. The van der Waals surface area contributed by atoms with Gasteiger partial charge in [0.15, 0.2) is 24.0 Å². The Morgan fingerprint density at radius 3 is 2.41 bits per heavy atom. The summed E-state index contributed by atoms with van der Waals surface area (Å²) >= 11 is 8.16. The molecule has 8 rings (SSSR count). The average Bonchev–Trinajstić information content (AvgIpc) is 3.72. The van der Waals surface area contributed by atoms with Crippen LogP contribution in [0.3, 0.4) is 0 Å². The molecule has 68 heavy (non-hydrogen) atoms. The second-order valence-electron chi connectivity index (χ2n) is 15.9. The Balaban J connectivity index is 1.12. The van der Waals surface area contributed by atoms with E-state index in [-0.39, 0.29) is 24.5 Å². The fourth-order valence-corrected chi connectivity index (χ4v) is 9.05. The minimum absolute atomic E-state index is 0.0300. The second-order valence-corrected chi connectivity index (χ2v) is 17.3. The number of hydrogen-bond acceptors (Lipinski definition) is 13. The molecule has 1 unspecified atom stereocenters. The van der Waals surface area contributed by atoms with Gasteiger partial charge in [0.05, 0.1) is 28.8 Å². The number of thiophene rings is 1. The van der Waals surface area contributed by atoms with Crippen molar-refractivity contribution in [2.45, 2.75) is 32.2 Å². The van der Waals surface area contributed by atoms with Crippen LogP contribution in [0, 0.1) is 12.7 Å². The van der Waals surface area contributed by atoms with E-state index in [0.717, 1.165) is 43.6 Å². The first-order valence-corrected chi connectivity index (χ1v) is 22.6. The number of carboxylic acid groups (broad SMARTS) is 1. The van der Waals surface area contributed by atoms with Crippen LogP contribution >= 0.6 is 22.9 Å². The Morgan fingerprint density at radius 2 is 1.65 bits per heavy atom. The molecular formula is C49H45ClF4N6O7S. The number of carboxylic acids is 1. The summed E-state index contributed by atoms with van der Waals surface area (Å²) in [5.41, 5.74) is 3.58. The molecule has 7 aromatic rings. The number of piperazine rings is 1. The van der Waals surface area contributed by atoms with Gasteiger partial charge in [-0.1, -0.05) is 54.1 Å². The Morgan fingerprint density at radius 1 is 0.882 bits per heavy atom. The Labute approximate surface area is 397 Å². The number of para-hydroxylation sites is 2. The molecule has 0 spiro atoms. The zero-order valence-electron chi connectivity index (χ0n) is 37.1. The van der Waals surface area contributed by atoms with E-state index in [1.54, 1.807) is 62.7 Å². The topological polar surface area (TPSA) is 141 Å². The maximum absolute atomic E-state index is 15.0. The fourth-order valence-electron chi connectivity index (χ4n) is 7.68. The van der Waals surface area contributed by atoms with Crippen LogP contribution < -0.4 is 23.7 Å². The van der Waals surface area contributed by atoms with Crippen molar-refractivity contribution in [3.63, 3.8) is 0 Å². The van der Waals surface area contributed by atoms with Gasteiger partial charge in [0, 0.05) is 55.8 Å². The lowest BCUT2D eigenvalue weighted by Gasteiger charge is -2.32. The van der Waals surface area contributed by atoms with E-state index >= 15 is 0 Å². The van der Waals surface area contributed by atoms with Gasteiger partial charge in [0.25, 0.3) is 0 Å². The van der Waals surface area contributed by atoms with Crippen LogP contribution in [0.4, 0.5) is 17.6 Å². The molecule has 1 aliphatic heterocycles. The van der Waals surface area contributed by atoms with Crippen LogP contribution in [0.15, 0.2) is 97.5 Å². The number of rotatable bonds is 18. The SMILES string of the molecule is COc1ccccc1-c1nccc(COc2ccccc2CC(Oc2ncnc3sc(-c4ccc(F)c(OCC(F)(F)F)c4)c(-c4ccc(OCCN5CCN(C)CC5)c(Cl)c4C)c23)C(=O)O)n1. The number of methoxy groups -OCH3 is 1. The third-order valence-corrected chi connectivity index (χ3v) is 12.9. The normalized spacial score (nSPS) is 13.9. The Bertz CT molecular complexity index is 2920. The van der Waals surface area contributed by atoms with Gasteiger partial charge >= 0.3 is 12.1 Å². The third kappa shape index (κ3) is 11.2. The van der Waals surface area contributed by atoms with Gasteiger partial charge in [0.2, 0.25) is 12.0 Å². The first kappa shape index (κ1) is 47.9. The number of hydrogen-bond donors (Lipinski definition) is 1. The number of aromatic nitrogens is 4. The summed E-state index contributed by atoms with van der Waals surface area (Å²) in [5.74, 6) is -1.14. The number of ether oxygens (including phenoxy) is 5. The van der Waals surface area contributed by atoms with Crippen LogP contribution in [0.5, 0.6) is 28.9 Å². The molecule has 1 fully saturated rings. The highest BCUT2D eigenvalue weighted by molar-refractivity contribution is 7.22. The van der Waals surface area contributed by atoms with Gasteiger partial charge in [-0.15, -0.1) is 11.3 Å². The summed E-state index contributed by atoms with van der Waals surface area (Å²) in [6.07, 6.45) is -3.56. The zero-order valence-corrected chi connectivity index (χ0v) is 38.6. The van der Waals surface area contributed by atoms with Crippen molar-refractivity contribution in [2.75, 3.05) is 60.1 Å². The highest BCUT2D eigenvalue weighted by Crippen LogP contribution is 2.50. The van der Waals surface area contributed by atoms with Crippen LogP contribution in [0.25, 0.3) is 43.2 Å². The molecule has 4 heterocycles. The number of benzene rings is 4. The van der Waals surface area contributed by atoms with Crippen molar-refractivity contribution >= 4 is 39.1 Å². The molecule has 4 aromatic carbocycles. The highest BCUT2D eigenvalue weighted by Gasteiger charge is 2.31. The summed E-state index contributed by atoms with van der Waals surface area (Å²) in [6.45, 7) is 4.92. The summed E-state index contributed by atoms with van der Waals surface area (Å²) in [4.78, 5) is 36.4. The second kappa shape index (κ2) is 21.1. The molecule has 0 aliphatic carbocycles. The van der Waals surface area contributed by atoms with Gasteiger partial charge in [-0.25, -0.2) is 29.1 Å². The smallest absolute Gasteiger partial charge is 0.422 e. The van der Waals surface area contributed by atoms with E-state index < -0.39 is 36.4 Å². The molecule has 0 saturated carbocycles. The van der Waals surface area contributed by atoms with E-state index in [2.05, 4.69) is 36.8 Å². The van der Waals surface area contributed by atoms with Crippen LogP contribution in [-0.4, -0.2) is 113 Å².